The van der Waals surface area contributed by atoms with E-state index in [0.29, 0.717) is 17.7 Å². The molecule has 3 aromatic rings. The minimum absolute atomic E-state index is 0.0269. The Morgan fingerprint density at radius 3 is 2.26 bits per heavy atom. The Balaban J connectivity index is 1.76. The van der Waals surface area contributed by atoms with E-state index < -0.39 is 0 Å². The lowest BCUT2D eigenvalue weighted by molar-refractivity contribution is 0.335. The molecular formula is C22H29N3OS. The van der Waals surface area contributed by atoms with Gasteiger partial charge in [0.25, 0.3) is 5.89 Å². The van der Waals surface area contributed by atoms with Gasteiger partial charge in [-0.15, -0.1) is 21.5 Å². The molecule has 5 heteroatoms. The zero-order valence-electron chi connectivity index (χ0n) is 17.0. The number of thiophene rings is 1. The van der Waals surface area contributed by atoms with Gasteiger partial charge in [0.1, 0.15) is 0 Å². The molecule has 0 aliphatic heterocycles. The van der Waals surface area contributed by atoms with Gasteiger partial charge in [-0.2, -0.15) is 0 Å². The van der Waals surface area contributed by atoms with Gasteiger partial charge in [-0.1, -0.05) is 65.0 Å². The first kappa shape index (κ1) is 19.8. The quantitative estimate of drug-likeness (QED) is 0.555. The van der Waals surface area contributed by atoms with Gasteiger partial charge >= 0.3 is 0 Å². The fraction of sp³-hybridized carbons (Fsp3) is 0.455. The maximum Gasteiger partial charge on any atom is 0.257 e. The average molecular weight is 384 g/mol. The summed E-state index contributed by atoms with van der Waals surface area (Å²) in [5.74, 6) is 1.65. The SMILES string of the molecule is CC(C)[C@@H](N[C@@H](C)c1nnc(-c2cccs2)o1)c1ccc(C(C)(C)C)cc1. The Hall–Kier alpha value is -1.98. The number of aromatic nitrogens is 2. The van der Waals surface area contributed by atoms with Gasteiger partial charge in [0.2, 0.25) is 5.89 Å². The average Bonchev–Trinajstić information content (AvgIpc) is 3.29. The molecule has 0 amide bonds. The topological polar surface area (TPSA) is 51.0 Å². The fourth-order valence-corrected chi connectivity index (χ4v) is 3.76. The maximum absolute atomic E-state index is 5.90. The molecule has 1 aromatic carbocycles. The van der Waals surface area contributed by atoms with Crippen molar-refractivity contribution in [3.05, 3.63) is 58.8 Å². The van der Waals surface area contributed by atoms with E-state index in [9.17, 15) is 0 Å². The molecule has 2 heterocycles. The van der Waals surface area contributed by atoms with Crippen molar-refractivity contribution >= 4 is 11.3 Å². The van der Waals surface area contributed by atoms with Crippen LogP contribution in [0.2, 0.25) is 0 Å². The van der Waals surface area contributed by atoms with Crippen molar-refractivity contribution in [2.75, 3.05) is 0 Å². The highest BCUT2D eigenvalue weighted by atomic mass is 32.1. The normalized spacial score (nSPS) is 14.5. The monoisotopic (exact) mass is 383 g/mol. The molecular weight excluding hydrogens is 354 g/mol. The van der Waals surface area contributed by atoms with Crippen molar-refractivity contribution in [1.29, 1.82) is 0 Å². The number of hydrogen-bond acceptors (Lipinski definition) is 5. The molecule has 4 nitrogen and oxygen atoms in total. The van der Waals surface area contributed by atoms with Crippen molar-refractivity contribution in [3.63, 3.8) is 0 Å². The van der Waals surface area contributed by atoms with Crippen LogP contribution in [0.1, 0.15) is 70.6 Å². The van der Waals surface area contributed by atoms with Crippen molar-refractivity contribution in [2.45, 2.75) is 59.0 Å². The van der Waals surface area contributed by atoms with Crippen molar-refractivity contribution in [2.24, 2.45) is 5.92 Å². The van der Waals surface area contributed by atoms with Crippen LogP contribution in [0.15, 0.2) is 46.2 Å². The molecule has 0 saturated carbocycles. The second kappa shape index (κ2) is 7.95. The Bertz CT molecular complexity index is 845. The van der Waals surface area contributed by atoms with Gasteiger partial charge in [-0.05, 0) is 40.8 Å². The standard InChI is InChI=1S/C22H29N3OS/c1-14(2)19(16-9-11-17(12-10-16)22(4,5)6)23-15(3)20-24-25-21(26-20)18-8-7-13-27-18/h7-15,19,23H,1-6H3/t15-,19+/m0/s1. The first-order chi connectivity index (χ1) is 12.8. The largest absolute Gasteiger partial charge is 0.418 e. The van der Waals surface area contributed by atoms with Crippen LogP contribution < -0.4 is 5.32 Å². The molecule has 144 valence electrons. The molecule has 27 heavy (non-hydrogen) atoms. The molecule has 2 aromatic heterocycles. The molecule has 0 aliphatic carbocycles. The Labute approximate surface area is 166 Å². The van der Waals surface area contributed by atoms with E-state index in [-0.39, 0.29) is 17.5 Å². The van der Waals surface area contributed by atoms with Crippen LogP contribution in [-0.4, -0.2) is 10.2 Å². The fourth-order valence-electron chi connectivity index (χ4n) is 3.11. The predicted molar refractivity (Wildman–Crippen MR) is 112 cm³/mol. The zero-order chi connectivity index (χ0) is 19.6. The van der Waals surface area contributed by atoms with E-state index in [0.717, 1.165) is 4.88 Å². The highest BCUT2D eigenvalue weighted by Gasteiger charge is 2.23. The summed E-state index contributed by atoms with van der Waals surface area (Å²) in [7, 11) is 0. The van der Waals surface area contributed by atoms with E-state index in [2.05, 4.69) is 81.3 Å². The molecule has 0 bridgehead atoms. The highest BCUT2D eigenvalue weighted by molar-refractivity contribution is 7.13. The molecule has 0 fully saturated rings. The van der Waals surface area contributed by atoms with Crippen molar-refractivity contribution in [3.8, 4) is 10.8 Å². The van der Waals surface area contributed by atoms with E-state index >= 15 is 0 Å². The molecule has 0 aliphatic rings. The van der Waals surface area contributed by atoms with Gasteiger partial charge in [0, 0.05) is 6.04 Å². The Kier molecular flexibility index (Phi) is 5.82. The molecule has 0 spiro atoms. The molecule has 1 N–H and O–H groups in total. The van der Waals surface area contributed by atoms with Crippen molar-refractivity contribution < 1.29 is 4.42 Å². The summed E-state index contributed by atoms with van der Waals surface area (Å²) in [4.78, 5) is 0.999. The minimum Gasteiger partial charge on any atom is -0.418 e. The first-order valence-electron chi connectivity index (χ1n) is 9.49. The summed E-state index contributed by atoms with van der Waals surface area (Å²) < 4.78 is 5.90. The Morgan fingerprint density at radius 1 is 1.00 bits per heavy atom. The lowest BCUT2D eigenvalue weighted by Crippen LogP contribution is -2.28. The van der Waals surface area contributed by atoms with Gasteiger partial charge in [-0.3, -0.25) is 5.32 Å². The number of nitrogens with one attached hydrogen (secondary N) is 1. The van der Waals surface area contributed by atoms with Crippen LogP contribution >= 0.6 is 11.3 Å². The third-order valence-corrected chi connectivity index (χ3v) is 5.63. The smallest absolute Gasteiger partial charge is 0.257 e. The van der Waals surface area contributed by atoms with Crippen LogP contribution in [0.4, 0.5) is 0 Å². The predicted octanol–water partition coefficient (Wildman–Crippen LogP) is 6.14. The van der Waals surface area contributed by atoms with Crippen molar-refractivity contribution in [1.82, 2.24) is 15.5 Å². The Morgan fingerprint density at radius 2 is 1.70 bits per heavy atom. The molecule has 0 unspecified atom stereocenters. The van der Waals surface area contributed by atoms with E-state index in [4.69, 9.17) is 4.42 Å². The van der Waals surface area contributed by atoms with Crippen LogP contribution in [-0.2, 0) is 5.41 Å². The summed E-state index contributed by atoms with van der Waals surface area (Å²) in [5, 5.41) is 14.1. The van der Waals surface area contributed by atoms with Gasteiger partial charge < -0.3 is 4.42 Å². The summed E-state index contributed by atoms with van der Waals surface area (Å²) in [5.41, 5.74) is 2.79. The second-order valence-corrected chi connectivity index (χ2v) is 9.35. The number of benzene rings is 1. The molecule has 2 atom stereocenters. The number of rotatable bonds is 6. The van der Waals surface area contributed by atoms with Crippen LogP contribution in [0.5, 0.6) is 0 Å². The van der Waals surface area contributed by atoms with Crippen LogP contribution in [0.25, 0.3) is 10.8 Å². The first-order valence-corrected chi connectivity index (χ1v) is 10.4. The van der Waals surface area contributed by atoms with E-state index in [1.54, 1.807) is 11.3 Å². The van der Waals surface area contributed by atoms with Gasteiger partial charge in [0.15, 0.2) is 0 Å². The summed E-state index contributed by atoms with van der Waals surface area (Å²) in [6, 6.07) is 13.1. The molecule has 0 radical (unpaired) electrons. The maximum atomic E-state index is 5.90. The number of nitrogens with zero attached hydrogens (tertiary/aromatic N) is 2. The van der Waals surface area contributed by atoms with Gasteiger partial charge in [-0.25, -0.2) is 0 Å². The second-order valence-electron chi connectivity index (χ2n) is 8.40. The lowest BCUT2D eigenvalue weighted by Gasteiger charge is -2.27. The molecule has 0 saturated heterocycles. The van der Waals surface area contributed by atoms with E-state index in [1.165, 1.54) is 11.1 Å². The third kappa shape index (κ3) is 4.66. The zero-order valence-corrected chi connectivity index (χ0v) is 17.8. The third-order valence-electron chi connectivity index (χ3n) is 4.78. The lowest BCUT2D eigenvalue weighted by atomic mass is 9.85. The van der Waals surface area contributed by atoms with Crippen LogP contribution in [0.3, 0.4) is 0 Å². The molecule has 3 rings (SSSR count). The summed E-state index contributed by atoms with van der Waals surface area (Å²) in [6.07, 6.45) is 0. The summed E-state index contributed by atoms with van der Waals surface area (Å²) >= 11 is 1.60. The number of hydrogen-bond donors (Lipinski definition) is 1. The van der Waals surface area contributed by atoms with Crippen LogP contribution in [0, 0.1) is 5.92 Å². The highest BCUT2D eigenvalue weighted by Crippen LogP contribution is 2.30. The van der Waals surface area contributed by atoms with Gasteiger partial charge in [0.05, 0.1) is 10.9 Å². The van der Waals surface area contributed by atoms with E-state index in [1.807, 2.05) is 17.5 Å². The summed E-state index contributed by atoms with van der Waals surface area (Å²) in [6.45, 7) is 13.2. The minimum atomic E-state index is -0.0269.